The van der Waals surface area contributed by atoms with Gasteiger partial charge in [0.1, 0.15) is 5.69 Å². The summed E-state index contributed by atoms with van der Waals surface area (Å²) < 4.78 is 1.19. The monoisotopic (exact) mass is 318 g/mol. The highest BCUT2D eigenvalue weighted by Crippen LogP contribution is 2.22. The Kier molecular flexibility index (Phi) is 4.51. The number of aromatic nitrogens is 2. The summed E-state index contributed by atoms with van der Waals surface area (Å²) in [6.45, 7) is 1.57. The minimum Gasteiger partial charge on any atom is -0.287 e. The van der Waals surface area contributed by atoms with Gasteiger partial charge >= 0.3 is 5.91 Å². The molecule has 0 saturated heterocycles. The molecule has 9 heteroatoms. The first-order chi connectivity index (χ1) is 10.9. The van der Waals surface area contributed by atoms with Crippen LogP contribution >= 0.6 is 0 Å². The Bertz CT molecular complexity index is 830. The lowest BCUT2D eigenvalue weighted by Gasteiger charge is -2.15. The molecule has 0 spiro atoms. The van der Waals surface area contributed by atoms with E-state index in [0.717, 1.165) is 5.06 Å². The Morgan fingerprint density at radius 2 is 2.04 bits per heavy atom. The van der Waals surface area contributed by atoms with E-state index in [2.05, 4.69) is 5.10 Å². The van der Waals surface area contributed by atoms with Crippen LogP contribution in [0.2, 0.25) is 0 Å². The van der Waals surface area contributed by atoms with Crippen molar-refractivity contribution in [2.24, 2.45) is 0 Å². The Balaban J connectivity index is 2.68. The first kappa shape index (κ1) is 16.3. The van der Waals surface area contributed by atoms with Gasteiger partial charge in [0.25, 0.3) is 5.69 Å². The van der Waals surface area contributed by atoms with Gasteiger partial charge < -0.3 is 0 Å². The van der Waals surface area contributed by atoms with Gasteiger partial charge in [-0.15, -0.1) is 0 Å². The van der Waals surface area contributed by atoms with E-state index in [1.165, 1.54) is 43.1 Å². The first-order valence-corrected chi connectivity index (χ1v) is 6.53. The standard InChI is InChI=1S/C14H14N4O5/c1-9-8-12(19)13(14(20)16(2)23-3)15-17(9)10-6-4-5-7-11(10)18(21)22/h4-8H,1-3H3. The van der Waals surface area contributed by atoms with E-state index in [1.54, 1.807) is 13.0 Å². The van der Waals surface area contributed by atoms with E-state index in [9.17, 15) is 19.7 Å². The molecule has 1 aromatic carbocycles. The quantitative estimate of drug-likeness (QED) is 0.616. The number of nitrogens with zero attached hydrogens (tertiary/aromatic N) is 4. The number of aryl methyl sites for hydroxylation is 1. The topological polar surface area (TPSA) is 108 Å². The van der Waals surface area contributed by atoms with Crippen LogP contribution in [-0.2, 0) is 4.84 Å². The number of benzene rings is 1. The van der Waals surface area contributed by atoms with Crippen molar-refractivity contribution in [3.8, 4) is 5.69 Å². The number of hydrogen-bond donors (Lipinski definition) is 0. The molecule has 1 aromatic heterocycles. The molecule has 2 rings (SSSR count). The van der Waals surface area contributed by atoms with Crippen molar-refractivity contribution in [3.63, 3.8) is 0 Å². The molecule has 23 heavy (non-hydrogen) atoms. The molecule has 0 aliphatic carbocycles. The van der Waals surface area contributed by atoms with Crippen LogP contribution in [0.4, 0.5) is 5.69 Å². The molecule has 0 radical (unpaired) electrons. The van der Waals surface area contributed by atoms with Crippen LogP contribution in [0.25, 0.3) is 5.69 Å². The van der Waals surface area contributed by atoms with Gasteiger partial charge in [-0.3, -0.25) is 24.5 Å². The molecule has 0 unspecified atom stereocenters. The average Bonchev–Trinajstić information content (AvgIpc) is 2.53. The predicted octanol–water partition coefficient (Wildman–Crippen LogP) is 1.08. The number of hydrogen-bond acceptors (Lipinski definition) is 6. The summed E-state index contributed by atoms with van der Waals surface area (Å²) in [5.74, 6) is -0.746. The number of amides is 1. The third kappa shape index (κ3) is 3.09. The van der Waals surface area contributed by atoms with Crippen molar-refractivity contribution in [1.29, 1.82) is 0 Å². The molecule has 1 heterocycles. The van der Waals surface area contributed by atoms with Crippen LogP contribution in [-0.4, -0.2) is 39.8 Å². The molecular weight excluding hydrogens is 304 g/mol. The van der Waals surface area contributed by atoms with Crippen molar-refractivity contribution in [1.82, 2.24) is 14.8 Å². The molecule has 9 nitrogen and oxygen atoms in total. The molecule has 0 N–H and O–H groups in total. The fourth-order valence-corrected chi connectivity index (χ4v) is 1.97. The zero-order valence-electron chi connectivity index (χ0n) is 12.7. The third-order valence-electron chi connectivity index (χ3n) is 3.18. The fourth-order valence-electron chi connectivity index (χ4n) is 1.97. The molecule has 1 amide bonds. The maximum Gasteiger partial charge on any atom is 0.301 e. The van der Waals surface area contributed by atoms with Crippen LogP contribution in [0.3, 0.4) is 0 Å². The van der Waals surface area contributed by atoms with Gasteiger partial charge in [0.05, 0.1) is 12.0 Å². The van der Waals surface area contributed by atoms with E-state index >= 15 is 0 Å². The zero-order valence-corrected chi connectivity index (χ0v) is 12.7. The average molecular weight is 318 g/mol. The Labute approximate surface area is 130 Å². The predicted molar refractivity (Wildman–Crippen MR) is 80.3 cm³/mol. The Morgan fingerprint density at radius 3 is 2.65 bits per heavy atom. The summed E-state index contributed by atoms with van der Waals surface area (Å²) in [5, 5.41) is 16.0. The smallest absolute Gasteiger partial charge is 0.287 e. The lowest BCUT2D eigenvalue weighted by atomic mass is 10.2. The number of rotatable bonds is 4. The number of para-hydroxylation sites is 2. The molecule has 0 aliphatic rings. The van der Waals surface area contributed by atoms with E-state index in [4.69, 9.17) is 4.84 Å². The van der Waals surface area contributed by atoms with Crippen molar-refractivity contribution >= 4 is 11.6 Å². The summed E-state index contributed by atoms with van der Waals surface area (Å²) in [4.78, 5) is 39.4. The SMILES string of the molecule is CON(C)C(=O)c1nn(-c2ccccc2[N+](=O)[O-])c(C)cc1=O. The molecule has 0 bridgehead atoms. The highest BCUT2D eigenvalue weighted by Gasteiger charge is 2.22. The fraction of sp³-hybridized carbons (Fsp3) is 0.214. The van der Waals surface area contributed by atoms with Gasteiger partial charge in [0.2, 0.25) is 5.43 Å². The molecule has 0 saturated carbocycles. The summed E-state index contributed by atoms with van der Waals surface area (Å²) >= 11 is 0. The Hall–Kier alpha value is -3.07. The van der Waals surface area contributed by atoms with E-state index in [0.29, 0.717) is 5.69 Å². The zero-order chi connectivity index (χ0) is 17.1. The largest absolute Gasteiger partial charge is 0.301 e. The second-order valence-corrected chi connectivity index (χ2v) is 4.64. The van der Waals surface area contributed by atoms with E-state index < -0.39 is 22.0 Å². The summed E-state index contributed by atoms with van der Waals surface area (Å²) in [6.07, 6.45) is 0. The van der Waals surface area contributed by atoms with Gasteiger partial charge in [-0.25, -0.2) is 9.75 Å². The van der Waals surface area contributed by atoms with Crippen LogP contribution in [0.15, 0.2) is 35.1 Å². The van der Waals surface area contributed by atoms with Crippen molar-refractivity contribution in [2.45, 2.75) is 6.92 Å². The number of carbonyl (C=O) groups excluding carboxylic acids is 1. The molecule has 2 aromatic rings. The van der Waals surface area contributed by atoms with Gasteiger partial charge in [0, 0.05) is 24.9 Å². The van der Waals surface area contributed by atoms with Crippen LogP contribution in [0.5, 0.6) is 0 Å². The number of carbonyl (C=O) groups is 1. The van der Waals surface area contributed by atoms with Gasteiger partial charge in [-0.05, 0) is 13.0 Å². The lowest BCUT2D eigenvalue weighted by molar-refractivity contribution is -0.384. The highest BCUT2D eigenvalue weighted by molar-refractivity contribution is 5.91. The third-order valence-corrected chi connectivity index (χ3v) is 3.18. The van der Waals surface area contributed by atoms with Crippen LogP contribution < -0.4 is 5.43 Å². The van der Waals surface area contributed by atoms with Crippen molar-refractivity contribution < 1.29 is 14.6 Å². The van der Waals surface area contributed by atoms with Crippen molar-refractivity contribution in [3.05, 3.63) is 62.1 Å². The molecule has 0 atom stereocenters. The van der Waals surface area contributed by atoms with E-state index in [-0.39, 0.29) is 11.4 Å². The first-order valence-electron chi connectivity index (χ1n) is 6.53. The minimum absolute atomic E-state index is 0.157. The van der Waals surface area contributed by atoms with Gasteiger partial charge in [-0.2, -0.15) is 5.10 Å². The molecular formula is C14H14N4O5. The summed E-state index contributed by atoms with van der Waals surface area (Å²) in [7, 11) is 2.60. The minimum atomic E-state index is -0.746. The second-order valence-electron chi connectivity index (χ2n) is 4.64. The highest BCUT2D eigenvalue weighted by atomic mass is 16.7. The Morgan fingerprint density at radius 1 is 1.39 bits per heavy atom. The van der Waals surface area contributed by atoms with E-state index in [1.807, 2.05) is 0 Å². The number of hydroxylamine groups is 2. The molecule has 0 aliphatic heterocycles. The molecule has 120 valence electrons. The normalized spacial score (nSPS) is 10.4. The second kappa shape index (κ2) is 6.36. The van der Waals surface area contributed by atoms with Crippen LogP contribution in [0, 0.1) is 17.0 Å². The maximum absolute atomic E-state index is 12.1. The van der Waals surface area contributed by atoms with Crippen LogP contribution in [0.1, 0.15) is 16.2 Å². The number of nitro groups is 1. The summed E-state index contributed by atoms with van der Waals surface area (Å²) in [6, 6.07) is 7.11. The summed E-state index contributed by atoms with van der Waals surface area (Å²) in [5.41, 5.74) is -0.653. The number of nitro benzene ring substituents is 1. The lowest BCUT2D eigenvalue weighted by Crippen LogP contribution is -2.33. The maximum atomic E-state index is 12.1. The molecule has 0 fully saturated rings. The van der Waals surface area contributed by atoms with Gasteiger partial charge in [-0.1, -0.05) is 12.1 Å². The van der Waals surface area contributed by atoms with Gasteiger partial charge in [0.15, 0.2) is 5.69 Å². The van der Waals surface area contributed by atoms with Crippen molar-refractivity contribution in [2.75, 3.05) is 14.2 Å².